The first-order valence-electron chi connectivity index (χ1n) is 17.6. The van der Waals surface area contributed by atoms with Gasteiger partial charge in [-0.15, -0.1) is 0 Å². The van der Waals surface area contributed by atoms with Crippen LogP contribution in [0.15, 0.2) is 164 Å². The van der Waals surface area contributed by atoms with Crippen LogP contribution in [0, 0.1) is 0 Å². The Morgan fingerprint density at radius 3 is 1.87 bits per heavy atom. The molecule has 1 aliphatic rings. The van der Waals surface area contributed by atoms with Gasteiger partial charge in [0.2, 0.25) is 0 Å². The third-order valence-corrected chi connectivity index (χ3v) is 10.5. The molecular weight excluding hydrogens is 635 g/mol. The highest BCUT2D eigenvalue weighted by atomic mass is 15.0. The predicted molar refractivity (Wildman–Crippen MR) is 211 cm³/mol. The number of hydrogen-bond donors (Lipinski definition) is 0. The van der Waals surface area contributed by atoms with E-state index in [4.69, 9.17) is 19.9 Å². The minimum atomic E-state index is -0.206. The maximum absolute atomic E-state index is 5.13. The molecule has 0 radical (unpaired) electrons. The van der Waals surface area contributed by atoms with Crippen molar-refractivity contribution in [1.82, 2.24) is 24.5 Å². The molecule has 0 fully saturated rings. The topological polar surface area (TPSA) is 56.5 Å². The summed E-state index contributed by atoms with van der Waals surface area (Å²) >= 11 is 0. The molecule has 0 atom stereocenters. The highest BCUT2D eigenvalue weighted by Crippen LogP contribution is 2.50. The molecule has 10 rings (SSSR count). The zero-order chi connectivity index (χ0) is 34.8. The molecule has 5 heteroatoms. The van der Waals surface area contributed by atoms with Crippen molar-refractivity contribution in [2.75, 3.05) is 0 Å². The molecule has 0 amide bonds. The van der Waals surface area contributed by atoms with E-state index in [1.54, 1.807) is 0 Å². The van der Waals surface area contributed by atoms with E-state index in [1.165, 1.54) is 27.6 Å². The molecule has 0 saturated carbocycles. The summed E-state index contributed by atoms with van der Waals surface area (Å²) in [6.45, 7) is 4.64. The highest BCUT2D eigenvalue weighted by molar-refractivity contribution is 6.07. The first-order valence-corrected chi connectivity index (χ1v) is 17.6. The predicted octanol–water partition coefficient (Wildman–Crippen LogP) is 11.3. The lowest BCUT2D eigenvalue weighted by Crippen LogP contribution is -2.15. The SMILES string of the molecule is CC1(C)c2ccc(-c3nc(-c4ccccc4)nc(-c4cccc(-c5ccccc5)c4)n3)cc2-c2ccc(-n3c4ccccc4c4cccnc43)cc21. The Balaban J connectivity index is 1.11. The van der Waals surface area contributed by atoms with Gasteiger partial charge in [-0.25, -0.2) is 19.9 Å². The van der Waals surface area contributed by atoms with Gasteiger partial charge >= 0.3 is 0 Å². The molecule has 1 aliphatic carbocycles. The zero-order valence-electron chi connectivity index (χ0n) is 28.8. The van der Waals surface area contributed by atoms with Gasteiger partial charge in [-0.1, -0.05) is 129 Å². The van der Waals surface area contributed by atoms with Crippen molar-refractivity contribution in [3.8, 4) is 62.1 Å². The van der Waals surface area contributed by atoms with Crippen molar-refractivity contribution in [2.24, 2.45) is 0 Å². The van der Waals surface area contributed by atoms with Gasteiger partial charge in [0.1, 0.15) is 5.65 Å². The van der Waals surface area contributed by atoms with Crippen LogP contribution in [0.5, 0.6) is 0 Å². The number of benzene rings is 6. The van der Waals surface area contributed by atoms with Crippen molar-refractivity contribution >= 4 is 21.9 Å². The molecular formula is C47H33N5. The van der Waals surface area contributed by atoms with Gasteiger partial charge in [0, 0.05) is 44.8 Å². The fourth-order valence-electron chi connectivity index (χ4n) is 7.90. The van der Waals surface area contributed by atoms with E-state index in [-0.39, 0.29) is 5.41 Å². The van der Waals surface area contributed by atoms with Crippen LogP contribution >= 0.6 is 0 Å². The van der Waals surface area contributed by atoms with E-state index in [2.05, 4.69) is 146 Å². The van der Waals surface area contributed by atoms with Gasteiger partial charge in [-0.3, -0.25) is 4.57 Å². The van der Waals surface area contributed by atoms with Crippen LogP contribution in [0.4, 0.5) is 0 Å². The smallest absolute Gasteiger partial charge is 0.164 e. The Morgan fingerprint density at radius 2 is 1.08 bits per heavy atom. The summed E-state index contributed by atoms with van der Waals surface area (Å²) in [4.78, 5) is 20.0. The third-order valence-electron chi connectivity index (χ3n) is 10.5. The molecule has 0 bridgehead atoms. The van der Waals surface area contributed by atoms with Crippen molar-refractivity contribution in [3.05, 3.63) is 175 Å². The molecule has 3 heterocycles. The standard InChI is InChI=1S/C47H33N5/c1-47(2)40-25-22-34(28-39(40)36-24-23-35(29-41(36)47)52-42-21-10-9-19-37(42)38-20-12-26-48-46(38)52)45-50-43(31-15-7-4-8-16-31)49-44(51-45)33-18-11-17-32(27-33)30-13-5-3-6-14-30/h3-29H,1-2H3. The Labute approximate surface area is 302 Å². The van der Waals surface area contributed by atoms with Crippen LogP contribution in [0.3, 0.4) is 0 Å². The minimum Gasteiger partial charge on any atom is -0.294 e. The summed E-state index contributed by atoms with van der Waals surface area (Å²) in [7, 11) is 0. The summed E-state index contributed by atoms with van der Waals surface area (Å²) in [6, 6.07) is 55.3. The first kappa shape index (κ1) is 30.1. The van der Waals surface area contributed by atoms with Crippen molar-refractivity contribution in [2.45, 2.75) is 19.3 Å². The lowest BCUT2D eigenvalue weighted by atomic mass is 9.82. The van der Waals surface area contributed by atoms with Gasteiger partial charge in [0.25, 0.3) is 0 Å². The van der Waals surface area contributed by atoms with Crippen LogP contribution in [0.25, 0.3) is 84.0 Å². The monoisotopic (exact) mass is 667 g/mol. The largest absolute Gasteiger partial charge is 0.294 e. The second-order valence-corrected chi connectivity index (χ2v) is 14.0. The summed E-state index contributed by atoms with van der Waals surface area (Å²) in [6.07, 6.45) is 1.88. The summed E-state index contributed by atoms with van der Waals surface area (Å²) in [5.41, 5.74) is 13.2. The third kappa shape index (κ3) is 4.78. The van der Waals surface area contributed by atoms with E-state index in [0.29, 0.717) is 17.5 Å². The van der Waals surface area contributed by atoms with Crippen molar-refractivity contribution < 1.29 is 0 Å². The second-order valence-electron chi connectivity index (χ2n) is 14.0. The fourth-order valence-corrected chi connectivity index (χ4v) is 7.90. The normalized spacial score (nSPS) is 13.0. The van der Waals surface area contributed by atoms with E-state index in [1.807, 2.05) is 36.5 Å². The molecule has 9 aromatic rings. The Bertz CT molecular complexity index is 2760. The minimum absolute atomic E-state index is 0.206. The number of aromatic nitrogens is 5. The number of para-hydroxylation sites is 1. The molecule has 0 unspecified atom stereocenters. The maximum Gasteiger partial charge on any atom is 0.164 e. The molecule has 52 heavy (non-hydrogen) atoms. The molecule has 3 aromatic heterocycles. The van der Waals surface area contributed by atoms with E-state index in [0.717, 1.165) is 50.1 Å². The Hall–Kier alpha value is -6.72. The van der Waals surface area contributed by atoms with Crippen molar-refractivity contribution in [3.63, 3.8) is 0 Å². The number of fused-ring (bicyclic) bond motifs is 6. The van der Waals surface area contributed by atoms with Crippen LogP contribution in [0.2, 0.25) is 0 Å². The zero-order valence-corrected chi connectivity index (χ0v) is 28.8. The van der Waals surface area contributed by atoms with Crippen LogP contribution in [0.1, 0.15) is 25.0 Å². The van der Waals surface area contributed by atoms with Gasteiger partial charge in [0.05, 0.1) is 5.52 Å². The van der Waals surface area contributed by atoms with Crippen LogP contribution < -0.4 is 0 Å². The molecule has 0 aliphatic heterocycles. The molecule has 0 saturated heterocycles. The van der Waals surface area contributed by atoms with E-state index >= 15 is 0 Å². The van der Waals surface area contributed by atoms with Crippen molar-refractivity contribution in [1.29, 1.82) is 0 Å². The quantitative estimate of drug-likeness (QED) is 0.183. The summed E-state index contributed by atoms with van der Waals surface area (Å²) in [5, 5.41) is 2.36. The van der Waals surface area contributed by atoms with E-state index in [9.17, 15) is 0 Å². The second kappa shape index (κ2) is 11.7. The molecule has 6 aromatic carbocycles. The molecule has 0 spiro atoms. The van der Waals surface area contributed by atoms with Gasteiger partial charge in [-0.05, 0) is 75.8 Å². The molecule has 5 nitrogen and oxygen atoms in total. The molecule has 0 N–H and O–H groups in total. The van der Waals surface area contributed by atoms with Gasteiger partial charge < -0.3 is 0 Å². The summed E-state index contributed by atoms with van der Waals surface area (Å²) in [5.74, 6) is 1.94. The van der Waals surface area contributed by atoms with Gasteiger partial charge in [-0.2, -0.15) is 0 Å². The number of nitrogens with zero attached hydrogens (tertiary/aromatic N) is 5. The fraction of sp³-hybridized carbons (Fsp3) is 0.0638. The number of hydrogen-bond acceptors (Lipinski definition) is 4. The number of rotatable bonds is 5. The highest BCUT2D eigenvalue weighted by Gasteiger charge is 2.36. The molecule has 246 valence electrons. The lowest BCUT2D eigenvalue weighted by molar-refractivity contribution is 0.660. The average Bonchev–Trinajstić information content (AvgIpc) is 3.66. The Morgan fingerprint density at radius 1 is 0.442 bits per heavy atom. The van der Waals surface area contributed by atoms with Gasteiger partial charge in [0.15, 0.2) is 17.5 Å². The Kier molecular flexibility index (Phi) is 6.77. The first-order chi connectivity index (χ1) is 25.5. The lowest BCUT2D eigenvalue weighted by Gasteiger charge is -2.22. The van der Waals surface area contributed by atoms with Crippen LogP contribution in [-0.2, 0) is 5.41 Å². The number of pyridine rings is 1. The van der Waals surface area contributed by atoms with Crippen LogP contribution in [-0.4, -0.2) is 24.5 Å². The van der Waals surface area contributed by atoms with E-state index < -0.39 is 0 Å². The average molecular weight is 668 g/mol. The summed E-state index contributed by atoms with van der Waals surface area (Å²) < 4.78 is 2.29. The maximum atomic E-state index is 5.13.